The van der Waals surface area contributed by atoms with E-state index in [-0.39, 0.29) is 42.5 Å². The Hall–Kier alpha value is -1.30. The van der Waals surface area contributed by atoms with E-state index in [2.05, 4.69) is 20.5 Å². The molecule has 0 atom stereocenters. The largest absolute Gasteiger partial charge is 0.444 e. The topological polar surface area (TPSA) is 95.5 Å². The molecule has 0 saturated carbocycles. The Morgan fingerprint density at radius 1 is 1.20 bits per heavy atom. The second kappa shape index (κ2) is 14.7. The number of methoxy groups -OCH3 is 1. The van der Waals surface area contributed by atoms with E-state index < -0.39 is 5.60 Å². The van der Waals surface area contributed by atoms with Crippen molar-refractivity contribution >= 4 is 41.9 Å². The summed E-state index contributed by atoms with van der Waals surface area (Å²) in [7, 11) is 3.32. The Kier molecular flexibility index (Phi) is 14.0. The van der Waals surface area contributed by atoms with Gasteiger partial charge in [0.1, 0.15) is 5.60 Å². The van der Waals surface area contributed by atoms with E-state index >= 15 is 0 Å². The van der Waals surface area contributed by atoms with Crippen molar-refractivity contribution in [2.24, 2.45) is 10.9 Å². The van der Waals surface area contributed by atoms with Crippen molar-refractivity contribution in [1.29, 1.82) is 0 Å². The zero-order valence-corrected chi connectivity index (χ0v) is 21.7. The normalized spacial score (nSPS) is 15.3. The van der Waals surface area contributed by atoms with Crippen molar-refractivity contribution in [1.82, 2.24) is 20.4 Å². The molecule has 1 aliphatic heterocycles. The van der Waals surface area contributed by atoms with Crippen molar-refractivity contribution < 1.29 is 19.1 Å². The van der Waals surface area contributed by atoms with Gasteiger partial charge in [-0.1, -0.05) is 0 Å². The van der Waals surface area contributed by atoms with E-state index in [1.54, 1.807) is 19.1 Å². The first kappa shape index (κ1) is 28.7. The van der Waals surface area contributed by atoms with E-state index in [0.29, 0.717) is 32.2 Å². The van der Waals surface area contributed by atoms with Crippen LogP contribution >= 0.6 is 24.0 Å². The Morgan fingerprint density at radius 2 is 1.83 bits per heavy atom. The highest BCUT2D eigenvalue weighted by atomic mass is 127. The van der Waals surface area contributed by atoms with Crippen molar-refractivity contribution in [2.75, 3.05) is 60.0 Å². The van der Waals surface area contributed by atoms with E-state index in [4.69, 9.17) is 9.47 Å². The Morgan fingerprint density at radius 3 is 2.33 bits per heavy atom. The molecule has 1 heterocycles. The molecule has 1 aliphatic rings. The van der Waals surface area contributed by atoms with Crippen LogP contribution in [0, 0.1) is 5.92 Å². The molecule has 9 nitrogen and oxygen atoms in total. The molecule has 30 heavy (non-hydrogen) atoms. The van der Waals surface area contributed by atoms with Crippen molar-refractivity contribution in [3.63, 3.8) is 0 Å². The van der Waals surface area contributed by atoms with Gasteiger partial charge in [-0.15, -0.1) is 24.0 Å². The van der Waals surface area contributed by atoms with Gasteiger partial charge in [0.25, 0.3) is 0 Å². The summed E-state index contributed by atoms with van der Waals surface area (Å²) in [5, 5.41) is 5.89. The molecule has 1 rings (SSSR count). The molecule has 10 heteroatoms. The van der Waals surface area contributed by atoms with Crippen LogP contribution in [-0.2, 0) is 14.3 Å². The van der Waals surface area contributed by atoms with Gasteiger partial charge in [-0.3, -0.25) is 9.79 Å². The molecule has 0 aromatic rings. The van der Waals surface area contributed by atoms with Crippen molar-refractivity contribution in [3.8, 4) is 0 Å². The fourth-order valence-electron chi connectivity index (χ4n) is 3.14. The molecular weight excluding hydrogens is 501 g/mol. The Bertz CT molecular complexity index is 546. The molecule has 1 saturated heterocycles. The zero-order valence-electron chi connectivity index (χ0n) is 19.3. The number of piperidine rings is 1. The van der Waals surface area contributed by atoms with Gasteiger partial charge < -0.3 is 29.9 Å². The molecule has 1 fully saturated rings. The van der Waals surface area contributed by atoms with Gasteiger partial charge in [0, 0.05) is 46.9 Å². The average molecular weight is 541 g/mol. The second-order valence-electron chi connectivity index (χ2n) is 8.19. The van der Waals surface area contributed by atoms with Gasteiger partial charge in [-0.25, -0.2) is 4.79 Å². The smallest absolute Gasteiger partial charge is 0.410 e. The van der Waals surface area contributed by atoms with Gasteiger partial charge in [-0.05, 0) is 46.5 Å². The molecule has 2 N–H and O–H groups in total. The second-order valence-corrected chi connectivity index (χ2v) is 8.19. The third kappa shape index (κ3) is 11.2. The summed E-state index contributed by atoms with van der Waals surface area (Å²) in [6, 6.07) is 0. The average Bonchev–Trinajstić information content (AvgIpc) is 2.66. The number of guanidine groups is 1. The van der Waals surface area contributed by atoms with Crippen LogP contribution in [0.1, 0.15) is 40.5 Å². The van der Waals surface area contributed by atoms with Crippen molar-refractivity contribution in [2.45, 2.75) is 46.1 Å². The zero-order chi connectivity index (χ0) is 21.9. The number of likely N-dealkylation sites (tertiary alicyclic amines) is 1. The molecular formula is C20H40IN5O4. The van der Waals surface area contributed by atoms with Crippen LogP contribution in [0.4, 0.5) is 4.79 Å². The lowest BCUT2D eigenvalue weighted by Crippen LogP contribution is -2.49. The van der Waals surface area contributed by atoms with Crippen LogP contribution in [0.25, 0.3) is 0 Å². The molecule has 0 aromatic carbocycles. The number of carbonyl (C=O) groups is 2. The first-order valence-corrected chi connectivity index (χ1v) is 10.4. The predicted molar refractivity (Wildman–Crippen MR) is 129 cm³/mol. The van der Waals surface area contributed by atoms with Crippen LogP contribution in [0.15, 0.2) is 4.99 Å². The van der Waals surface area contributed by atoms with Gasteiger partial charge in [0.05, 0.1) is 13.2 Å². The Labute approximate surface area is 198 Å². The number of carbonyl (C=O) groups excluding carboxylic acids is 2. The van der Waals surface area contributed by atoms with Gasteiger partial charge in [0.15, 0.2) is 5.96 Å². The first-order chi connectivity index (χ1) is 13.7. The minimum absolute atomic E-state index is 0. The van der Waals surface area contributed by atoms with Crippen LogP contribution in [-0.4, -0.2) is 93.4 Å². The fourth-order valence-corrected chi connectivity index (χ4v) is 3.14. The maximum atomic E-state index is 12.3. The number of amides is 2. The lowest BCUT2D eigenvalue weighted by molar-refractivity contribution is -0.120. The van der Waals surface area contributed by atoms with Crippen LogP contribution in [0.2, 0.25) is 0 Å². The lowest BCUT2D eigenvalue weighted by atomic mass is 9.96. The monoisotopic (exact) mass is 541 g/mol. The maximum Gasteiger partial charge on any atom is 0.410 e. The standard InChI is InChI=1S/C20H39N5O4.HI/c1-7-24(19(27)29-20(2,3)4)15-16-8-11-25(12-9-16)18(21-5)23-14-17(26)22-10-13-28-6;/h16H,7-15H2,1-6H3,(H,21,23)(H,22,26);1H. The number of rotatable bonds is 8. The minimum Gasteiger partial charge on any atom is -0.444 e. The number of nitrogens with one attached hydrogen (secondary N) is 2. The molecule has 2 amide bonds. The van der Waals surface area contributed by atoms with Gasteiger partial charge in [0.2, 0.25) is 5.91 Å². The summed E-state index contributed by atoms with van der Waals surface area (Å²) < 4.78 is 10.4. The number of aliphatic imine (C=N–C) groups is 1. The van der Waals surface area contributed by atoms with E-state index in [1.807, 2.05) is 27.7 Å². The molecule has 0 spiro atoms. The molecule has 0 aliphatic carbocycles. The number of hydrogen-bond donors (Lipinski definition) is 2. The predicted octanol–water partition coefficient (Wildman–Crippen LogP) is 1.91. The third-order valence-corrected chi connectivity index (χ3v) is 4.67. The highest BCUT2D eigenvalue weighted by Crippen LogP contribution is 2.20. The number of hydrogen-bond acceptors (Lipinski definition) is 5. The van der Waals surface area contributed by atoms with Crippen LogP contribution < -0.4 is 10.6 Å². The quantitative estimate of drug-likeness (QED) is 0.211. The van der Waals surface area contributed by atoms with Crippen LogP contribution in [0.3, 0.4) is 0 Å². The first-order valence-electron chi connectivity index (χ1n) is 10.4. The lowest BCUT2D eigenvalue weighted by Gasteiger charge is -2.36. The van der Waals surface area contributed by atoms with E-state index in [0.717, 1.165) is 31.9 Å². The van der Waals surface area contributed by atoms with Crippen LogP contribution in [0.5, 0.6) is 0 Å². The third-order valence-electron chi connectivity index (χ3n) is 4.67. The maximum absolute atomic E-state index is 12.3. The van der Waals surface area contributed by atoms with Gasteiger partial charge >= 0.3 is 6.09 Å². The van der Waals surface area contributed by atoms with E-state index in [9.17, 15) is 9.59 Å². The molecule has 0 radical (unpaired) electrons. The molecule has 176 valence electrons. The highest BCUT2D eigenvalue weighted by Gasteiger charge is 2.27. The van der Waals surface area contributed by atoms with Crippen molar-refractivity contribution in [3.05, 3.63) is 0 Å². The molecule has 0 unspecified atom stereocenters. The summed E-state index contributed by atoms with van der Waals surface area (Å²) in [5.74, 6) is 1.06. The summed E-state index contributed by atoms with van der Waals surface area (Å²) in [5.41, 5.74) is -0.484. The summed E-state index contributed by atoms with van der Waals surface area (Å²) in [4.78, 5) is 32.4. The molecule has 0 bridgehead atoms. The number of ether oxygens (including phenoxy) is 2. The molecule has 0 aromatic heterocycles. The summed E-state index contributed by atoms with van der Waals surface area (Å²) in [6.07, 6.45) is 1.67. The SMILES string of the molecule is CCN(CC1CCN(C(=NC)NCC(=O)NCCOC)CC1)C(=O)OC(C)(C)C.I. The van der Waals surface area contributed by atoms with Gasteiger partial charge in [-0.2, -0.15) is 0 Å². The minimum atomic E-state index is -0.484. The summed E-state index contributed by atoms with van der Waals surface area (Å²) in [6.45, 7) is 11.8. The summed E-state index contributed by atoms with van der Waals surface area (Å²) >= 11 is 0. The number of nitrogens with zero attached hydrogens (tertiary/aromatic N) is 3. The number of halogens is 1. The van der Waals surface area contributed by atoms with E-state index in [1.165, 1.54) is 0 Å². The fraction of sp³-hybridized carbons (Fsp3) is 0.850. The highest BCUT2D eigenvalue weighted by molar-refractivity contribution is 14.0. The Balaban J connectivity index is 0.00000841.